The second kappa shape index (κ2) is 4.68. The summed E-state index contributed by atoms with van der Waals surface area (Å²) < 4.78 is 0. The van der Waals surface area contributed by atoms with E-state index in [4.69, 9.17) is 11.5 Å². The first-order valence-electron chi connectivity index (χ1n) is 4.94. The number of aromatic amines is 1. The fourth-order valence-corrected chi connectivity index (χ4v) is 1.46. The van der Waals surface area contributed by atoms with E-state index in [9.17, 15) is 4.79 Å². The maximum absolute atomic E-state index is 10.9. The van der Waals surface area contributed by atoms with Crippen LogP contribution in [-0.4, -0.2) is 10.9 Å². The molecule has 0 aliphatic rings. The van der Waals surface area contributed by atoms with Crippen molar-refractivity contribution in [2.45, 2.75) is 20.3 Å². The van der Waals surface area contributed by atoms with E-state index in [0.29, 0.717) is 12.2 Å². The van der Waals surface area contributed by atoms with E-state index in [0.717, 1.165) is 11.1 Å². The van der Waals surface area contributed by atoms with E-state index < -0.39 is 0 Å². The highest BCUT2D eigenvalue weighted by atomic mass is 16.1. The van der Waals surface area contributed by atoms with Gasteiger partial charge in [-0.3, -0.25) is 4.79 Å². The zero-order valence-corrected chi connectivity index (χ0v) is 9.08. The number of nitrogen functional groups attached to an aromatic ring is 1. The molecule has 0 spiro atoms. The number of nitrogens with two attached hydrogens (primary N) is 2. The minimum atomic E-state index is -0.291. The molecule has 4 heteroatoms. The zero-order chi connectivity index (χ0) is 11.4. The Morgan fingerprint density at radius 1 is 1.67 bits per heavy atom. The van der Waals surface area contributed by atoms with E-state index in [1.807, 2.05) is 32.2 Å². The number of carbonyl (C=O) groups excluding carboxylic acids is 1. The molecule has 1 atom stereocenters. The summed E-state index contributed by atoms with van der Waals surface area (Å²) in [5.41, 5.74) is 12.9. The largest absolute Gasteiger partial charge is 0.385 e. The molecule has 1 rings (SSSR count). The Balaban J connectivity index is 2.90. The van der Waals surface area contributed by atoms with Crippen molar-refractivity contribution in [3.8, 4) is 0 Å². The van der Waals surface area contributed by atoms with Crippen LogP contribution in [0.3, 0.4) is 0 Å². The molecule has 0 aliphatic carbocycles. The Morgan fingerprint density at radius 3 is 2.87 bits per heavy atom. The molecule has 5 N–H and O–H groups in total. The number of allylic oxidation sites excluding steroid dienone is 1. The molecule has 1 aromatic rings. The summed E-state index contributed by atoms with van der Waals surface area (Å²) in [5.74, 6) is 0.158. The molecule has 0 aromatic carbocycles. The fraction of sp³-hybridized carbons (Fsp3) is 0.364. The third-order valence-corrected chi connectivity index (χ3v) is 2.38. The molecule has 15 heavy (non-hydrogen) atoms. The van der Waals surface area contributed by atoms with Gasteiger partial charge in [0.15, 0.2) is 0 Å². The van der Waals surface area contributed by atoms with Gasteiger partial charge in [-0.25, -0.2) is 0 Å². The summed E-state index contributed by atoms with van der Waals surface area (Å²) in [5, 5.41) is 0. The van der Waals surface area contributed by atoms with Gasteiger partial charge in [-0.1, -0.05) is 19.1 Å². The second-order valence-corrected chi connectivity index (χ2v) is 3.65. The van der Waals surface area contributed by atoms with Gasteiger partial charge in [0.05, 0.1) is 0 Å². The Labute approximate surface area is 89.3 Å². The van der Waals surface area contributed by atoms with E-state index in [1.165, 1.54) is 0 Å². The van der Waals surface area contributed by atoms with E-state index in [-0.39, 0.29) is 11.8 Å². The van der Waals surface area contributed by atoms with Gasteiger partial charge in [0, 0.05) is 17.7 Å². The molecule has 82 valence electrons. The van der Waals surface area contributed by atoms with Gasteiger partial charge in [0.2, 0.25) is 5.91 Å². The first-order chi connectivity index (χ1) is 7.06. The predicted octanol–water partition coefficient (Wildman–Crippen LogP) is 1.29. The normalized spacial score (nSPS) is 13.2. The van der Waals surface area contributed by atoms with Crippen molar-refractivity contribution in [2.24, 2.45) is 11.7 Å². The van der Waals surface area contributed by atoms with Crippen LogP contribution < -0.4 is 11.5 Å². The average Bonchev–Trinajstić information content (AvgIpc) is 2.50. The highest BCUT2D eigenvalue weighted by Crippen LogP contribution is 2.21. The number of anilines is 1. The number of carbonyl (C=O) groups is 1. The lowest BCUT2D eigenvalue weighted by Crippen LogP contribution is -2.22. The average molecular weight is 207 g/mol. The second-order valence-electron chi connectivity index (χ2n) is 3.65. The highest BCUT2D eigenvalue weighted by Gasteiger charge is 2.13. The van der Waals surface area contributed by atoms with Crippen molar-refractivity contribution < 1.29 is 4.79 Å². The first-order valence-corrected chi connectivity index (χ1v) is 4.94. The quantitative estimate of drug-likeness (QED) is 0.695. The van der Waals surface area contributed by atoms with Crippen LogP contribution in [0.2, 0.25) is 0 Å². The molecule has 0 saturated carbocycles. The number of hydrogen-bond donors (Lipinski definition) is 3. The van der Waals surface area contributed by atoms with Crippen molar-refractivity contribution in [1.82, 2.24) is 4.98 Å². The Hall–Kier alpha value is -1.71. The summed E-state index contributed by atoms with van der Waals surface area (Å²) in [4.78, 5) is 13.9. The maximum Gasteiger partial charge on any atom is 0.220 e. The lowest BCUT2D eigenvalue weighted by molar-refractivity contribution is -0.121. The summed E-state index contributed by atoms with van der Waals surface area (Å²) in [6.45, 7) is 3.73. The number of aromatic nitrogens is 1. The number of H-pyrrole nitrogens is 1. The summed E-state index contributed by atoms with van der Waals surface area (Å²) in [6, 6.07) is 0. The summed E-state index contributed by atoms with van der Waals surface area (Å²) in [6.07, 6.45) is 6.28. The van der Waals surface area contributed by atoms with Gasteiger partial charge >= 0.3 is 0 Å². The summed E-state index contributed by atoms with van der Waals surface area (Å²) in [7, 11) is 0. The Morgan fingerprint density at radius 2 is 2.33 bits per heavy atom. The molecule has 0 bridgehead atoms. The van der Waals surface area contributed by atoms with Crippen LogP contribution >= 0.6 is 0 Å². The molecule has 0 aliphatic heterocycles. The van der Waals surface area contributed by atoms with Crippen LogP contribution in [0.5, 0.6) is 0 Å². The third-order valence-electron chi connectivity index (χ3n) is 2.38. The molecule has 0 radical (unpaired) electrons. The van der Waals surface area contributed by atoms with Crippen molar-refractivity contribution in [2.75, 3.05) is 5.73 Å². The van der Waals surface area contributed by atoms with Crippen LogP contribution in [0, 0.1) is 5.92 Å². The fourth-order valence-electron chi connectivity index (χ4n) is 1.46. The monoisotopic (exact) mass is 207 g/mol. The lowest BCUT2D eigenvalue weighted by Gasteiger charge is -2.06. The van der Waals surface area contributed by atoms with Crippen molar-refractivity contribution in [3.05, 3.63) is 23.4 Å². The smallest absolute Gasteiger partial charge is 0.220 e. The molecule has 4 nitrogen and oxygen atoms in total. The van der Waals surface area contributed by atoms with E-state index >= 15 is 0 Å². The topological polar surface area (TPSA) is 84.9 Å². The Bertz CT molecular complexity index is 379. The third kappa shape index (κ3) is 2.62. The molecule has 1 heterocycles. The molecule has 1 unspecified atom stereocenters. The van der Waals surface area contributed by atoms with Gasteiger partial charge in [-0.05, 0) is 18.9 Å². The SMILES string of the molecule is C/C=C\c1c(CC(C)C(N)=O)c[nH]c1N. The van der Waals surface area contributed by atoms with Crippen LogP contribution in [0.15, 0.2) is 12.3 Å². The molecule has 1 amide bonds. The van der Waals surface area contributed by atoms with Gasteiger partial charge in [-0.15, -0.1) is 0 Å². The van der Waals surface area contributed by atoms with Crippen LogP contribution in [0.25, 0.3) is 6.08 Å². The number of amides is 1. The van der Waals surface area contributed by atoms with Gasteiger partial charge in [0.1, 0.15) is 5.82 Å². The highest BCUT2D eigenvalue weighted by molar-refractivity contribution is 5.77. The standard InChI is InChI=1S/C11H17N3O/c1-3-4-9-8(6-14-10(9)12)5-7(2)11(13)15/h3-4,6-7,14H,5,12H2,1-2H3,(H2,13,15)/b4-3-. The van der Waals surface area contributed by atoms with Crippen molar-refractivity contribution in [1.29, 1.82) is 0 Å². The Kier molecular flexibility index (Phi) is 3.55. The lowest BCUT2D eigenvalue weighted by atomic mass is 9.99. The predicted molar refractivity (Wildman–Crippen MR) is 62.0 cm³/mol. The summed E-state index contributed by atoms with van der Waals surface area (Å²) >= 11 is 0. The number of primary amides is 1. The van der Waals surface area contributed by atoms with Crippen LogP contribution in [-0.2, 0) is 11.2 Å². The van der Waals surface area contributed by atoms with E-state index in [1.54, 1.807) is 0 Å². The van der Waals surface area contributed by atoms with E-state index in [2.05, 4.69) is 4.98 Å². The zero-order valence-electron chi connectivity index (χ0n) is 9.08. The molecule has 0 fully saturated rings. The van der Waals surface area contributed by atoms with Gasteiger partial charge < -0.3 is 16.5 Å². The van der Waals surface area contributed by atoms with Gasteiger partial charge in [-0.2, -0.15) is 0 Å². The minimum absolute atomic E-state index is 0.177. The van der Waals surface area contributed by atoms with Crippen molar-refractivity contribution >= 4 is 17.8 Å². The number of hydrogen-bond acceptors (Lipinski definition) is 2. The molecular formula is C11H17N3O. The number of rotatable bonds is 4. The van der Waals surface area contributed by atoms with Gasteiger partial charge in [0.25, 0.3) is 0 Å². The molecule has 1 aromatic heterocycles. The maximum atomic E-state index is 10.9. The van der Waals surface area contributed by atoms with Crippen LogP contribution in [0.4, 0.5) is 5.82 Å². The first kappa shape index (κ1) is 11.4. The molecule has 0 saturated heterocycles. The number of nitrogens with one attached hydrogen (secondary N) is 1. The molecular weight excluding hydrogens is 190 g/mol. The van der Waals surface area contributed by atoms with Crippen molar-refractivity contribution in [3.63, 3.8) is 0 Å². The minimum Gasteiger partial charge on any atom is -0.385 e. The van der Waals surface area contributed by atoms with Crippen LogP contribution in [0.1, 0.15) is 25.0 Å².